The van der Waals surface area contributed by atoms with Gasteiger partial charge in [0.05, 0.1) is 11.7 Å². The Bertz CT molecular complexity index is 1070. The first-order valence-corrected chi connectivity index (χ1v) is 10.4. The average Bonchev–Trinajstić information content (AvgIpc) is 3.22. The number of ether oxygens (including phenoxy) is 2. The normalized spacial score (nSPS) is 18.9. The van der Waals surface area contributed by atoms with E-state index in [1.807, 2.05) is 6.92 Å². The fourth-order valence-corrected chi connectivity index (χ4v) is 4.29. The van der Waals surface area contributed by atoms with Gasteiger partial charge in [-0.2, -0.15) is 0 Å². The largest absolute Gasteiger partial charge is 0.545 e. The summed E-state index contributed by atoms with van der Waals surface area (Å²) in [7, 11) is 0. The van der Waals surface area contributed by atoms with Crippen molar-refractivity contribution in [2.45, 2.75) is 18.6 Å². The number of amides is 2. The first-order chi connectivity index (χ1) is 14.9. The maximum atomic E-state index is 12.8. The topological polar surface area (TPSA) is 120 Å². The van der Waals surface area contributed by atoms with Crippen LogP contribution in [0, 0.1) is 0 Å². The molecule has 1 saturated heterocycles. The lowest BCUT2D eigenvalue weighted by Gasteiger charge is -2.30. The predicted octanol–water partition coefficient (Wildman–Crippen LogP) is 1.76. The summed E-state index contributed by atoms with van der Waals surface area (Å²) >= 11 is 1.20. The lowest BCUT2D eigenvalue weighted by Crippen LogP contribution is -2.45. The Morgan fingerprint density at radius 1 is 1.19 bits per heavy atom. The van der Waals surface area contributed by atoms with Crippen molar-refractivity contribution in [2.75, 3.05) is 18.7 Å². The fourth-order valence-electron chi connectivity index (χ4n) is 3.13. The van der Waals surface area contributed by atoms with E-state index in [-0.39, 0.29) is 30.6 Å². The number of carboxylic acids is 1. The second-order valence-electron chi connectivity index (χ2n) is 6.73. The Hall–Kier alpha value is -3.53. The first-order valence-electron chi connectivity index (χ1n) is 9.52. The Kier molecular flexibility index (Phi) is 5.81. The zero-order chi connectivity index (χ0) is 22.0. The van der Waals surface area contributed by atoms with E-state index < -0.39 is 11.2 Å². The molecule has 4 rings (SSSR count). The van der Waals surface area contributed by atoms with Crippen molar-refractivity contribution in [3.8, 4) is 11.5 Å². The number of anilines is 1. The maximum Gasteiger partial charge on any atom is 0.238 e. The van der Waals surface area contributed by atoms with Crippen molar-refractivity contribution >= 4 is 46.1 Å². The summed E-state index contributed by atoms with van der Waals surface area (Å²) < 4.78 is 10.7. The number of amidine groups is 1. The number of carboxylic acid groups (broad SMARTS) is 1. The number of hydrogen-bond acceptors (Lipinski definition) is 8. The van der Waals surface area contributed by atoms with Crippen molar-refractivity contribution in [2.24, 2.45) is 4.99 Å². The number of hydrogen-bond donors (Lipinski definition) is 1. The van der Waals surface area contributed by atoms with E-state index in [1.54, 1.807) is 18.2 Å². The molecule has 31 heavy (non-hydrogen) atoms. The van der Waals surface area contributed by atoms with Gasteiger partial charge >= 0.3 is 0 Å². The second kappa shape index (κ2) is 8.68. The van der Waals surface area contributed by atoms with Crippen LogP contribution < -0.4 is 19.9 Å². The molecule has 1 fully saturated rings. The summed E-state index contributed by atoms with van der Waals surface area (Å²) in [5.74, 6) is -0.658. The van der Waals surface area contributed by atoms with E-state index in [4.69, 9.17) is 9.47 Å². The second-order valence-corrected chi connectivity index (χ2v) is 7.90. The SMILES string of the molecule is CCN1C(=O)C[C@H](C(=O)Nc2ccc(C(=O)[O-])cc2)SC1=Nc1ccc2c(c1)OCO2. The first kappa shape index (κ1) is 20.7. The molecule has 2 aromatic rings. The van der Waals surface area contributed by atoms with E-state index in [0.29, 0.717) is 34.6 Å². The van der Waals surface area contributed by atoms with Crippen molar-refractivity contribution in [3.63, 3.8) is 0 Å². The number of nitrogens with one attached hydrogen (secondary N) is 1. The molecule has 2 aliphatic heterocycles. The number of benzene rings is 2. The Morgan fingerprint density at radius 2 is 1.94 bits per heavy atom. The summed E-state index contributed by atoms with van der Waals surface area (Å²) in [5.41, 5.74) is 1.02. The number of carbonyl (C=O) groups is 3. The van der Waals surface area contributed by atoms with E-state index >= 15 is 0 Å². The molecule has 10 heteroatoms. The van der Waals surface area contributed by atoms with E-state index in [0.717, 1.165) is 0 Å². The van der Waals surface area contributed by atoms with E-state index in [9.17, 15) is 19.5 Å². The molecular formula is C21H18N3O6S-. The van der Waals surface area contributed by atoms with Gasteiger partial charge in [-0.3, -0.25) is 14.5 Å². The Labute approximate surface area is 182 Å². The van der Waals surface area contributed by atoms with Crippen LogP contribution in [0.5, 0.6) is 11.5 Å². The highest BCUT2D eigenvalue weighted by molar-refractivity contribution is 8.15. The van der Waals surface area contributed by atoms with Gasteiger partial charge in [0, 0.05) is 24.7 Å². The van der Waals surface area contributed by atoms with Crippen molar-refractivity contribution in [1.29, 1.82) is 0 Å². The predicted molar refractivity (Wildman–Crippen MR) is 112 cm³/mol. The highest BCUT2D eigenvalue weighted by Gasteiger charge is 2.35. The molecule has 2 aromatic carbocycles. The molecule has 2 heterocycles. The monoisotopic (exact) mass is 440 g/mol. The number of carbonyl (C=O) groups excluding carboxylic acids is 3. The number of thioether (sulfide) groups is 1. The van der Waals surface area contributed by atoms with Crippen molar-refractivity contribution < 1.29 is 29.0 Å². The van der Waals surface area contributed by atoms with Crippen molar-refractivity contribution in [3.05, 3.63) is 48.0 Å². The van der Waals surface area contributed by atoms with Crippen LogP contribution >= 0.6 is 11.8 Å². The number of aliphatic imine (C=N–C) groups is 1. The third kappa shape index (κ3) is 4.48. The minimum atomic E-state index is -1.30. The van der Waals surface area contributed by atoms with E-state index in [1.165, 1.54) is 40.9 Å². The van der Waals surface area contributed by atoms with E-state index in [2.05, 4.69) is 10.3 Å². The molecule has 1 N–H and O–H groups in total. The zero-order valence-electron chi connectivity index (χ0n) is 16.5. The third-order valence-electron chi connectivity index (χ3n) is 4.72. The molecule has 1 atom stereocenters. The average molecular weight is 440 g/mol. The van der Waals surface area contributed by atoms with Gasteiger partial charge in [0.15, 0.2) is 16.7 Å². The van der Waals surface area contributed by atoms with Gasteiger partial charge in [-0.1, -0.05) is 23.9 Å². The maximum absolute atomic E-state index is 12.8. The molecule has 0 saturated carbocycles. The highest BCUT2D eigenvalue weighted by Crippen LogP contribution is 2.36. The van der Waals surface area contributed by atoms with Gasteiger partial charge in [-0.05, 0) is 36.8 Å². The lowest BCUT2D eigenvalue weighted by atomic mass is 10.2. The molecule has 0 spiro atoms. The molecule has 0 aromatic heterocycles. The summed E-state index contributed by atoms with van der Waals surface area (Å²) in [6.07, 6.45) is 0.0294. The number of fused-ring (bicyclic) bond motifs is 1. The molecule has 0 unspecified atom stereocenters. The van der Waals surface area contributed by atoms with Crippen LogP contribution in [0.15, 0.2) is 47.5 Å². The molecule has 2 aliphatic rings. The summed E-state index contributed by atoms with van der Waals surface area (Å²) in [6.45, 7) is 2.41. The van der Waals surface area contributed by atoms with Gasteiger partial charge < -0.3 is 24.7 Å². The smallest absolute Gasteiger partial charge is 0.238 e. The lowest BCUT2D eigenvalue weighted by molar-refractivity contribution is -0.255. The zero-order valence-corrected chi connectivity index (χ0v) is 17.3. The number of aromatic carboxylic acids is 1. The molecule has 0 radical (unpaired) electrons. The van der Waals surface area contributed by atoms with Crippen LogP contribution in [0.2, 0.25) is 0 Å². The minimum Gasteiger partial charge on any atom is -0.545 e. The summed E-state index contributed by atoms with van der Waals surface area (Å²) in [6, 6.07) is 10.8. The molecule has 160 valence electrons. The highest BCUT2D eigenvalue weighted by atomic mass is 32.2. The third-order valence-corrected chi connectivity index (χ3v) is 5.91. The number of nitrogens with zero attached hydrogens (tertiary/aromatic N) is 2. The standard InChI is InChI=1S/C21H19N3O6S/c1-2-24-18(25)10-17(19(26)22-13-5-3-12(4-6-13)20(27)28)31-21(24)23-14-7-8-15-16(9-14)30-11-29-15/h3-9,17H,2,10-11H2,1H3,(H,22,26)(H,27,28)/p-1/t17-/m1/s1. The Morgan fingerprint density at radius 3 is 2.65 bits per heavy atom. The molecular weight excluding hydrogens is 422 g/mol. The quantitative estimate of drug-likeness (QED) is 0.752. The minimum absolute atomic E-state index is 0.0111. The Balaban J connectivity index is 1.52. The van der Waals surface area contributed by atoms with Gasteiger partial charge in [-0.15, -0.1) is 0 Å². The molecule has 0 bridgehead atoms. The summed E-state index contributed by atoms with van der Waals surface area (Å²) in [5, 5.41) is 13.3. The van der Waals surface area contributed by atoms with Crippen LogP contribution in [0.4, 0.5) is 11.4 Å². The summed E-state index contributed by atoms with van der Waals surface area (Å²) in [4.78, 5) is 42.3. The van der Waals surface area contributed by atoms with Gasteiger partial charge in [0.2, 0.25) is 18.6 Å². The fraction of sp³-hybridized carbons (Fsp3) is 0.238. The van der Waals surface area contributed by atoms with Crippen molar-refractivity contribution in [1.82, 2.24) is 4.90 Å². The number of rotatable bonds is 5. The van der Waals surface area contributed by atoms with Crippen LogP contribution in [0.1, 0.15) is 23.7 Å². The molecule has 9 nitrogen and oxygen atoms in total. The molecule has 2 amide bonds. The van der Waals surface area contributed by atoms with Crippen LogP contribution in [0.3, 0.4) is 0 Å². The van der Waals surface area contributed by atoms with Crippen LogP contribution in [-0.2, 0) is 9.59 Å². The van der Waals surface area contributed by atoms with Gasteiger partial charge in [-0.25, -0.2) is 4.99 Å². The van der Waals surface area contributed by atoms with Crippen LogP contribution in [0.25, 0.3) is 0 Å². The molecule has 0 aliphatic carbocycles. The van der Waals surface area contributed by atoms with Crippen LogP contribution in [-0.4, -0.2) is 46.4 Å². The van der Waals surface area contributed by atoms with Gasteiger partial charge in [0.1, 0.15) is 5.25 Å². The van der Waals surface area contributed by atoms with Gasteiger partial charge in [0.25, 0.3) is 0 Å².